The third kappa shape index (κ3) is 6.06. The zero-order chi connectivity index (χ0) is 20.5. The van der Waals surface area contributed by atoms with Crippen molar-refractivity contribution in [2.75, 3.05) is 20.3 Å². The summed E-state index contributed by atoms with van der Waals surface area (Å²) >= 11 is 0. The third-order valence-electron chi connectivity index (χ3n) is 5.21. The first-order valence-electron chi connectivity index (χ1n) is 10.1. The van der Waals surface area contributed by atoms with Gasteiger partial charge >= 0.3 is 0 Å². The fraction of sp³-hybridized carbons (Fsp3) is 0.565. The van der Waals surface area contributed by atoms with E-state index < -0.39 is 11.7 Å². The van der Waals surface area contributed by atoms with Crippen LogP contribution in [0.1, 0.15) is 52.9 Å². The minimum Gasteiger partial charge on any atom is -0.498 e. The van der Waals surface area contributed by atoms with Gasteiger partial charge in [-0.1, -0.05) is 25.2 Å². The Hall–Kier alpha value is -1.88. The minimum absolute atomic E-state index is 0.0774. The first kappa shape index (κ1) is 22.4. The van der Waals surface area contributed by atoms with Crippen LogP contribution < -0.4 is 0 Å². The lowest BCUT2D eigenvalue weighted by atomic mass is 9.95. The van der Waals surface area contributed by atoms with Crippen LogP contribution in [0.2, 0.25) is 0 Å². The fourth-order valence-electron chi connectivity index (χ4n) is 3.41. The topological polar surface area (TPSA) is 27.7 Å². The Labute approximate surface area is 167 Å². The molecular formula is C23H32F2O3. The van der Waals surface area contributed by atoms with Crippen LogP contribution in [0.5, 0.6) is 0 Å². The maximum Gasteiger partial charge on any atom is 0.196 e. The standard InChI is InChI=1S/C23H32F2O3/c1-5-7-19-11-9-17(15-28-19)14-27-18(6-2)10-8-16(3)20-12-13-21(26-4)23(25)22(20)24/h5,7-8,10,17,19H,6,9,11-15H2,1-4H3/b7-5+,16-8+,18-10+. The average Bonchev–Trinajstić information content (AvgIpc) is 2.71. The molecule has 2 aliphatic rings. The molecule has 0 radical (unpaired) electrons. The van der Waals surface area contributed by atoms with Gasteiger partial charge in [-0.25, -0.2) is 8.78 Å². The molecule has 0 N–H and O–H groups in total. The van der Waals surface area contributed by atoms with E-state index in [2.05, 4.69) is 6.08 Å². The molecule has 156 valence electrons. The third-order valence-corrected chi connectivity index (χ3v) is 5.21. The zero-order valence-electron chi connectivity index (χ0n) is 17.4. The quantitative estimate of drug-likeness (QED) is 0.269. The van der Waals surface area contributed by atoms with Crippen molar-refractivity contribution in [3.8, 4) is 0 Å². The van der Waals surface area contributed by atoms with Gasteiger partial charge in [0.1, 0.15) is 5.76 Å². The summed E-state index contributed by atoms with van der Waals surface area (Å²) in [4.78, 5) is 0. The van der Waals surface area contributed by atoms with Crippen LogP contribution in [0.25, 0.3) is 0 Å². The summed E-state index contributed by atoms with van der Waals surface area (Å²) in [6, 6.07) is 0. The lowest BCUT2D eigenvalue weighted by Crippen LogP contribution is -2.27. The number of allylic oxidation sites excluding steroid dienone is 9. The van der Waals surface area contributed by atoms with Crippen LogP contribution in [-0.2, 0) is 14.2 Å². The largest absolute Gasteiger partial charge is 0.498 e. The number of ether oxygens (including phenoxy) is 3. The van der Waals surface area contributed by atoms with E-state index in [1.165, 1.54) is 7.11 Å². The van der Waals surface area contributed by atoms with Crippen LogP contribution >= 0.6 is 0 Å². The molecule has 0 saturated carbocycles. The molecular weight excluding hydrogens is 362 g/mol. The van der Waals surface area contributed by atoms with E-state index in [0.717, 1.165) is 25.0 Å². The SMILES string of the molecule is C/C=C/C1CCC(CO/C(=C/C=C(\C)C2=C(F)C(F)=C(OC)CC2)CC)CO1. The Morgan fingerprint density at radius 2 is 1.96 bits per heavy atom. The lowest BCUT2D eigenvalue weighted by Gasteiger charge is -2.27. The fourth-order valence-corrected chi connectivity index (χ4v) is 3.41. The Morgan fingerprint density at radius 1 is 1.18 bits per heavy atom. The lowest BCUT2D eigenvalue weighted by molar-refractivity contribution is -0.0126. The number of methoxy groups -OCH3 is 1. The molecule has 28 heavy (non-hydrogen) atoms. The van der Waals surface area contributed by atoms with Crippen LogP contribution in [0.15, 0.2) is 58.6 Å². The van der Waals surface area contributed by atoms with Gasteiger partial charge in [0.2, 0.25) is 0 Å². The Bertz CT molecular complexity index is 678. The highest BCUT2D eigenvalue weighted by molar-refractivity contribution is 5.43. The maximum absolute atomic E-state index is 14.3. The maximum atomic E-state index is 14.3. The number of hydrogen-bond acceptors (Lipinski definition) is 3. The molecule has 2 rings (SSSR count). The van der Waals surface area contributed by atoms with Crippen LogP contribution in [0, 0.1) is 5.92 Å². The summed E-state index contributed by atoms with van der Waals surface area (Å²) in [5, 5.41) is 0. The average molecular weight is 395 g/mol. The minimum atomic E-state index is -0.888. The predicted molar refractivity (Wildman–Crippen MR) is 108 cm³/mol. The van der Waals surface area contributed by atoms with Crippen molar-refractivity contribution >= 4 is 0 Å². The number of rotatable bonds is 8. The Balaban J connectivity index is 1.95. The van der Waals surface area contributed by atoms with E-state index in [9.17, 15) is 8.78 Å². The second-order valence-electron chi connectivity index (χ2n) is 7.22. The van der Waals surface area contributed by atoms with E-state index in [1.807, 2.05) is 26.0 Å². The van der Waals surface area contributed by atoms with Crippen molar-refractivity contribution < 1.29 is 23.0 Å². The molecule has 0 aromatic heterocycles. The van der Waals surface area contributed by atoms with Gasteiger partial charge in [0.05, 0.1) is 32.2 Å². The predicted octanol–water partition coefficient (Wildman–Crippen LogP) is 6.46. The summed E-state index contributed by atoms with van der Waals surface area (Å²) < 4.78 is 44.9. The Kier molecular flexibility index (Phi) is 8.97. The summed E-state index contributed by atoms with van der Waals surface area (Å²) in [6.45, 7) is 7.12. The van der Waals surface area contributed by atoms with Crippen LogP contribution in [-0.4, -0.2) is 26.4 Å². The molecule has 1 heterocycles. The van der Waals surface area contributed by atoms with Crippen molar-refractivity contribution in [1.29, 1.82) is 0 Å². The Morgan fingerprint density at radius 3 is 2.57 bits per heavy atom. The summed E-state index contributed by atoms with van der Waals surface area (Å²) in [7, 11) is 1.36. The molecule has 2 unspecified atom stereocenters. The van der Waals surface area contributed by atoms with Gasteiger partial charge in [-0.2, -0.15) is 0 Å². The zero-order valence-corrected chi connectivity index (χ0v) is 17.4. The van der Waals surface area contributed by atoms with E-state index in [-0.39, 0.29) is 11.9 Å². The first-order chi connectivity index (χ1) is 13.5. The summed E-state index contributed by atoms with van der Waals surface area (Å²) in [6.07, 6.45) is 11.6. The molecule has 3 nitrogen and oxygen atoms in total. The molecule has 1 fully saturated rings. The van der Waals surface area contributed by atoms with Crippen molar-refractivity contribution in [3.05, 3.63) is 58.6 Å². The molecule has 5 heteroatoms. The van der Waals surface area contributed by atoms with E-state index in [1.54, 1.807) is 13.0 Å². The number of hydrogen-bond donors (Lipinski definition) is 0. The molecule has 1 aliphatic carbocycles. The van der Waals surface area contributed by atoms with Crippen molar-refractivity contribution in [2.45, 2.75) is 59.0 Å². The van der Waals surface area contributed by atoms with E-state index >= 15 is 0 Å². The molecule has 0 amide bonds. The highest BCUT2D eigenvalue weighted by atomic mass is 19.2. The molecule has 1 aliphatic heterocycles. The molecule has 0 aromatic carbocycles. The van der Waals surface area contributed by atoms with Gasteiger partial charge in [-0.05, 0) is 50.3 Å². The van der Waals surface area contributed by atoms with Gasteiger partial charge in [-0.15, -0.1) is 0 Å². The highest BCUT2D eigenvalue weighted by Crippen LogP contribution is 2.35. The second kappa shape index (κ2) is 11.2. The molecule has 0 aromatic rings. The molecule has 0 bridgehead atoms. The van der Waals surface area contributed by atoms with E-state index in [4.69, 9.17) is 14.2 Å². The number of halogens is 2. The highest BCUT2D eigenvalue weighted by Gasteiger charge is 2.24. The first-order valence-corrected chi connectivity index (χ1v) is 10.1. The smallest absolute Gasteiger partial charge is 0.196 e. The second-order valence-corrected chi connectivity index (χ2v) is 7.22. The molecule has 1 saturated heterocycles. The van der Waals surface area contributed by atoms with Crippen molar-refractivity contribution in [1.82, 2.24) is 0 Å². The molecule has 2 atom stereocenters. The van der Waals surface area contributed by atoms with Crippen molar-refractivity contribution in [3.63, 3.8) is 0 Å². The molecule has 0 spiro atoms. The van der Waals surface area contributed by atoms with Crippen molar-refractivity contribution in [2.24, 2.45) is 5.92 Å². The van der Waals surface area contributed by atoms with Gasteiger partial charge in [0.15, 0.2) is 11.7 Å². The van der Waals surface area contributed by atoms with E-state index in [0.29, 0.717) is 43.1 Å². The monoisotopic (exact) mass is 394 g/mol. The van der Waals surface area contributed by atoms with Gasteiger partial charge in [0.25, 0.3) is 0 Å². The normalized spacial score (nSPS) is 24.9. The van der Waals surface area contributed by atoms with Gasteiger partial charge < -0.3 is 14.2 Å². The van der Waals surface area contributed by atoms with Gasteiger partial charge in [-0.3, -0.25) is 0 Å². The summed E-state index contributed by atoms with van der Waals surface area (Å²) in [5.74, 6) is -0.416. The van der Waals surface area contributed by atoms with Crippen LogP contribution in [0.4, 0.5) is 8.78 Å². The summed E-state index contributed by atoms with van der Waals surface area (Å²) in [5.41, 5.74) is 1.09. The van der Waals surface area contributed by atoms with Gasteiger partial charge in [0, 0.05) is 18.8 Å². The van der Waals surface area contributed by atoms with Crippen LogP contribution in [0.3, 0.4) is 0 Å².